The molecule has 0 aliphatic rings. The van der Waals surface area contributed by atoms with E-state index in [4.69, 9.17) is 16.3 Å². The summed E-state index contributed by atoms with van der Waals surface area (Å²) in [7, 11) is 1.57. The maximum absolute atomic E-state index is 12.1. The predicted octanol–water partition coefficient (Wildman–Crippen LogP) is 4.41. The van der Waals surface area contributed by atoms with Crippen LogP contribution in [0.3, 0.4) is 0 Å². The van der Waals surface area contributed by atoms with Crippen molar-refractivity contribution in [2.45, 2.75) is 26.2 Å². The predicted molar refractivity (Wildman–Crippen MR) is 97.4 cm³/mol. The summed E-state index contributed by atoms with van der Waals surface area (Å²) in [5, 5.41) is 6.61. The number of halogens is 1. The lowest BCUT2D eigenvalue weighted by Gasteiger charge is -2.10. The minimum Gasteiger partial charge on any atom is -0.495 e. The van der Waals surface area contributed by atoms with Crippen LogP contribution in [0.5, 0.6) is 5.75 Å². The third kappa shape index (κ3) is 5.13. The van der Waals surface area contributed by atoms with Gasteiger partial charge in [0.05, 0.1) is 12.1 Å². The van der Waals surface area contributed by atoms with E-state index in [-0.39, 0.29) is 5.91 Å². The summed E-state index contributed by atoms with van der Waals surface area (Å²) in [6.45, 7) is 2.80. The number of anilines is 2. The van der Waals surface area contributed by atoms with Crippen molar-refractivity contribution in [2.24, 2.45) is 0 Å². The fourth-order valence-electron chi connectivity index (χ4n) is 2.21. The molecule has 1 aromatic carbocycles. The molecule has 0 spiro atoms. The Labute approximate surface area is 147 Å². The third-order valence-electron chi connectivity index (χ3n) is 3.50. The number of benzene rings is 1. The van der Waals surface area contributed by atoms with Crippen LogP contribution in [0.25, 0.3) is 0 Å². The van der Waals surface area contributed by atoms with Crippen molar-refractivity contribution >= 4 is 28.9 Å². The van der Waals surface area contributed by atoms with Gasteiger partial charge in [-0.25, -0.2) is 0 Å². The number of pyridine rings is 1. The molecule has 1 heterocycles. The molecule has 0 aliphatic carbocycles. The second-order valence-corrected chi connectivity index (χ2v) is 5.77. The van der Waals surface area contributed by atoms with E-state index in [0.29, 0.717) is 23.0 Å². The maximum atomic E-state index is 12.1. The van der Waals surface area contributed by atoms with E-state index in [1.807, 2.05) is 6.07 Å². The normalized spacial score (nSPS) is 10.3. The molecular weight excluding hydrogens is 326 g/mol. The summed E-state index contributed by atoms with van der Waals surface area (Å²) in [5.41, 5.74) is 1.96. The molecule has 128 valence electrons. The molecule has 0 bridgehead atoms. The van der Waals surface area contributed by atoms with E-state index in [1.165, 1.54) is 0 Å². The van der Waals surface area contributed by atoms with Crippen LogP contribution in [0.4, 0.5) is 11.4 Å². The molecule has 24 heavy (non-hydrogen) atoms. The van der Waals surface area contributed by atoms with Gasteiger partial charge in [0.15, 0.2) is 0 Å². The second-order valence-electron chi connectivity index (χ2n) is 5.37. The number of nitrogens with zero attached hydrogens (tertiary/aromatic N) is 1. The van der Waals surface area contributed by atoms with Gasteiger partial charge in [0.25, 0.3) is 5.91 Å². The Kier molecular flexibility index (Phi) is 6.88. The molecule has 1 amide bonds. The summed E-state index contributed by atoms with van der Waals surface area (Å²) in [6.07, 6.45) is 4.81. The first-order valence-electron chi connectivity index (χ1n) is 7.99. The highest BCUT2D eigenvalue weighted by Gasteiger charge is 2.08. The Hall–Kier alpha value is -2.27. The van der Waals surface area contributed by atoms with Gasteiger partial charge in [-0.15, -0.1) is 0 Å². The van der Waals surface area contributed by atoms with E-state index in [0.717, 1.165) is 30.6 Å². The number of rotatable bonds is 8. The molecule has 0 radical (unpaired) electrons. The van der Waals surface area contributed by atoms with Crippen LogP contribution in [-0.4, -0.2) is 24.5 Å². The average Bonchev–Trinajstić information content (AvgIpc) is 2.59. The van der Waals surface area contributed by atoms with Crippen LogP contribution in [0.1, 0.15) is 36.7 Å². The van der Waals surface area contributed by atoms with Crippen LogP contribution in [0.2, 0.25) is 5.02 Å². The zero-order valence-electron chi connectivity index (χ0n) is 13.9. The summed E-state index contributed by atoms with van der Waals surface area (Å²) in [4.78, 5) is 16.2. The van der Waals surface area contributed by atoms with Crippen LogP contribution < -0.4 is 15.4 Å². The minimum absolute atomic E-state index is 0.164. The van der Waals surface area contributed by atoms with Gasteiger partial charge < -0.3 is 15.4 Å². The molecule has 2 N–H and O–H groups in total. The van der Waals surface area contributed by atoms with Crippen molar-refractivity contribution in [3.05, 3.63) is 47.2 Å². The highest BCUT2D eigenvalue weighted by atomic mass is 35.5. The Morgan fingerprint density at radius 2 is 2.00 bits per heavy atom. The number of nitrogens with one attached hydrogen (secondary N) is 2. The smallest absolute Gasteiger partial charge is 0.269 e. The fourth-order valence-corrected chi connectivity index (χ4v) is 2.47. The van der Waals surface area contributed by atoms with Gasteiger partial charge in [-0.3, -0.25) is 9.78 Å². The van der Waals surface area contributed by atoms with E-state index >= 15 is 0 Å². The van der Waals surface area contributed by atoms with Gasteiger partial charge in [-0.2, -0.15) is 0 Å². The summed E-state index contributed by atoms with van der Waals surface area (Å²) in [6, 6.07) is 8.92. The van der Waals surface area contributed by atoms with Crippen molar-refractivity contribution in [3.8, 4) is 5.75 Å². The summed E-state index contributed by atoms with van der Waals surface area (Å²) >= 11 is 6.12. The molecule has 0 unspecified atom stereocenters. The van der Waals surface area contributed by atoms with Gasteiger partial charge in [0, 0.05) is 24.1 Å². The highest BCUT2D eigenvalue weighted by Crippen LogP contribution is 2.28. The Bertz CT molecular complexity index is 692. The number of hydrogen-bond acceptors (Lipinski definition) is 4. The van der Waals surface area contributed by atoms with E-state index in [1.54, 1.807) is 37.6 Å². The number of carbonyl (C=O) groups excluding carboxylic acids is 1. The van der Waals surface area contributed by atoms with Crippen molar-refractivity contribution in [1.82, 2.24) is 10.3 Å². The van der Waals surface area contributed by atoms with Crippen molar-refractivity contribution in [3.63, 3.8) is 0 Å². The largest absolute Gasteiger partial charge is 0.495 e. The van der Waals surface area contributed by atoms with E-state index in [2.05, 4.69) is 22.5 Å². The van der Waals surface area contributed by atoms with E-state index < -0.39 is 0 Å². The Morgan fingerprint density at radius 3 is 2.71 bits per heavy atom. The number of methoxy groups -OCH3 is 1. The van der Waals surface area contributed by atoms with Crippen molar-refractivity contribution < 1.29 is 9.53 Å². The average molecular weight is 348 g/mol. The number of ether oxygens (including phenoxy) is 1. The van der Waals surface area contributed by atoms with Gasteiger partial charge in [-0.1, -0.05) is 31.4 Å². The number of amides is 1. The molecule has 1 aromatic heterocycles. The van der Waals surface area contributed by atoms with Crippen molar-refractivity contribution in [1.29, 1.82) is 0 Å². The van der Waals surface area contributed by atoms with Crippen LogP contribution >= 0.6 is 11.6 Å². The van der Waals surface area contributed by atoms with E-state index in [9.17, 15) is 4.79 Å². The first kappa shape index (κ1) is 18.1. The third-order valence-corrected chi connectivity index (χ3v) is 3.79. The highest BCUT2D eigenvalue weighted by molar-refractivity contribution is 6.32. The zero-order valence-corrected chi connectivity index (χ0v) is 14.7. The number of carbonyl (C=O) groups is 1. The van der Waals surface area contributed by atoms with Gasteiger partial charge in [0.1, 0.15) is 11.4 Å². The summed E-state index contributed by atoms with van der Waals surface area (Å²) < 4.78 is 5.13. The van der Waals surface area contributed by atoms with Crippen LogP contribution in [0, 0.1) is 0 Å². The molecule has 0 saturated heterocycles. The number of aromatic nitrogens is 1. The lowest BCUT2D eigenvalue weighted by molar-refractivity contribution is 0.0948. The second kappa shape index (κ2) is 9.13. The molecule has 0 fully saturated rings. The molecule has 0 atom stereocenters. The molecule has 2 aromatic rings. The molecule has 2 rings (SSSR count). The van der Waals surface area contributed by atoms with Gasteiger partial charge in [-0.05, 0) is 36.8 Å². The lowest BCUT2D eigenvalue weighted by atomic mass is 10.2. The molecule has 0 saturated carbocycles. The first-order chi connectivity index (χ1) is 11.6. The quantitative estimate of drug-likeness (QED) is 0.694. The van der Waals surface area contributed by atoms with Crippen molar-refractivity contribution in [2.75, 3.05) is 19.0 Å². The topological polar surface area (TPSA) is 63.2 Å². The Balaban J connectivity index is 2.02. The maximum Gasteiger partial charge on any atom is 0.269 e. The Morgan fingerprint density at radius 1 is 1.21 bits per heavy atom. The molecule has 6 heteroatoms. The lowest BCUT2D eigenvalue weighted by Crippen LogP contribution is -2.25. The van der Waals surface area contributed by atoms with Gasteiger partial charge in [0.2, 0.25) is 0 Å². The molecule has 0 aliphatic heterocycles. The first-order valence-corrected chi connectivity index (χ1v) is 8.36. The zero-order chi connectivity index (χ0) is 17.4. The SMILES string of the molecule is CCCCCNC(=O)c1cc(Nc2ccc(OC)c(Cl)c2)ccn1. The van der Waals surface area contributed by atoms with Crippen LogP contribution in [-0.2, 0) is 0 Å². The fraction of sp³-hybridized carbons (Fsp3) is 0.333. The monoisotopic (exact) mass is 347 g/mol. The standard InChI is InChI=1S/C18H22ClN3O2/c1-3-4-5-9-21-18(23)16-12-14(8-10-20-16)22-13-6-7-17(24-2)15(19)11-13/h6-8,10-12H,3-5,9H2,1-2H3,(H,20,22)(H,21,23). The molecular formula is C18H22ClN3O2. The summed E-state index contributed by atoms with van der Waals surface area (Å²) in [5.74, 6) is 0.451. The minimum atomic E-state index is -0.164. The van der Waals surface area contributed by atoms with Crippen LogP contribution in [0.15, 0.2) is 36.5 Å². The number of unbranched alkanes of at least 4 members (excludes halogenated alkanes) is 2. The number of hydrogen-bond donors (Lipinski definition) is 2. The van der Waals surface area contributed by atoms with Gasteiger partial charge >= 0.3 is 0 Å². The molecule has 5 nitrogen and oxygen atoms in total.